The van der Waals surface area contributed by atoms with E-state index < -0.39 is 0 Å². The summed E-state index contributed by atoms with van der Waals surface area (Å²) in [7, 11) is 0. The minimum absolute atomic E-state index is 0.497. The van der Waals surface area contributed by atoms with E-state index in [0.717, 1.165) is 16.9 Å². The van der Waals surface area contributed by atoms with Crippen LogP contribution >= 0.6 is 0 Å². The van der Waals surface area contributed by atoms with Gasteiger partial charge in [0.2, 0.25) is 0 Å². The van der Waals surface area contributed by atoms with Crippen LogP contribution in [0.25, 0.3) is 5.69 Å². The van der Waals surface area contributed by atoms with E-state index in [9.17, 15) is 0 Å². The average Bonchev–Trinajstić information content (AvgIpc) is 2.65. The molecule has 0 saturated carbocycles. The Labute approximate surface area is 82.4 Å². The second kappa shape index (κ2) is 3.59. The van der Waals surface area contributed by atoms with Gasteiger partial charge in [-0.05, 0) is 24.6 Å². The summed E-state index contributed by atoms with van der Waals surface area (Å²) in [6.07, 6.45) is 5.42. The molecule has 2 aromatic heterocycles. The SMILES string of the molecule is Cc1ccn(-c2cnccc2CN)n1. The van der Waals surface area contributed by atoms with Crippen LogP contribution in [0, 0.1) is 6.92 Å². The third-order valence-electron chi connectivity index (χ3n) is 2.08. The van der Waals surface area contributed by atoms with E-state index in [0.29, 0.717) is 6.54 Å². The van der Waals surface area contributed by atoms with Gasteiger partial charge in [-0.1, -0.05) is 0 Å². The Bertz CT molecular complexity index is 433. The Morgan fingerprint density at radius 1 is 1.43 bits per heavy atom. The largest absolute Gasteiger partial charge is 0.326 e. The maximum Gasteiger partial charge on any atom is 0.0873 e. The van der Waals surface area contributed by atoms with Gasteiger partial charge in [-0.2, -0.15) is 5.10 Å². The highest BCUT2D eigenvalue weighted by atomic mass is 15.3. The van der Waals surface area contributed by atoms with Crippen LogP contribution in [0.5, 0.6) is 0 Å². The lowest BCUT2D eigenvalue weighted by molar-refractivity contribution is 0.837. The number of hydrogen-bond acceptors (Lipinski definition) is 3. The molecule has 0 atom stereocenters. The highest BCUT2D eigenvalue weighted by Crippen LogP contribution is 2.11. The molecular formula is C10H12N4. The summed E-state index contributed by atoms with van der Waals surface area (Å²) in [4.78, 5) is 4.06. The van der Waals surface area contributed by atoms with Crippen molar-refractivity contribution in [3.8, 4) is 5.69 Å². The van der Waals surface area contributed by atoms with Crippen LogP contribution in [0.1, 0.15) is 11.3 Å². The van der Waals surface area contributed by atoms with Crippen LogP contribution in [-0.4, -0.2) is 14.8 Å². The van der Waals surface area contributed by atoms with Crippen LogP contribution < -0.4 is 5.73 Å². The third kappa shape index (κ3) is 1.52. The Morgan fingerprint density at radius 2 is 2.29 bits per heavy atom. The molecule has 0 aliphatic carbocycles. The van der Waals surface area contributed by atoms with Crippen molar-refractivity contribution in [1.29, 1.82) is 0 Å². The van der Waals surface area contributed by atoms with Crippen molar-refractivity contribution in [2.75, 3.05) is 0 Å². The number of nitrogens with two attached hydrogens (primary N) is 1. The van der Waals surface area contributed by atoms with Gasteiger partial charge in [-0.15, -0.1) is 0 Å². The van der Waals surface area contributed by atoms with Gasteiger partial charge in [-0.3, -0.25) is 4.98 Å². The lowest BCUT2D eigenvalue weighted by Crippen LogP contribution is -2.05. The van der Waals surface area contributed by atoms with E-state index in [2.05, 4.69) is 10.1 Å². The maximum atomic E-state index is 5.63. The molecule has 0 bridgehead atoms. The van der Waals surface area contributed by atoms with Crippen molar-refractivity contribution in [2.24, 2.45) is 5.73 Å². The van der Waals surface area contributed by atoms with E-state index in [1.54, 1.807) is 17.1 Å². The number of aromatic nitrogens is 3. The first-order valence-corrected chi connectivity index (χ1v) is 4.47. The highest BCUT2D eigenvalue weighted by Gasteiger charge is 2.03. The molecule has 0 aliphatic heterocycles. The second-order valence-electron chi connectivity index (χ2n) is 3.11. The summed E-state index contributed by atoms with van der Waals surface area (Å²) >= 11 is 0. The molecule has 4 heteroatoms. The fraction of sp³-hybridized carbons (Fsp3) is 0.200. The van der Waals surface area contributed by atoms with E-state index in [4.69, 9.17) is 5.73 Å². The van der Waals surface area contributed by atoms with Gasteiger partial charge in [0, 0.05) is 18.9 Å². The summed E-state index contributed by atoms with van der Waals surface area (Å²) in [5.41, 5.74) is 8.60. The first kappa shape index (κ1) is 8.90. The fourth-order valence-corrected chi connectivity index (χ4v) is 1.34. The van der Waals surface area contributed by atoms with Crippen molar-refractivity contribution >= 4 is 0 Å². The number of nitrogens with zero attached hydrogens (tertiary/aromatic N) is 3. The number of hydrogen-bond donors (Lipinski definition) is 1. The molecule has 2 aromatic rings. The summed E-state index contributed by atoms with van der Waals surface area (Å²) in [6.45, 7) is 2.45. The Hall–Kier alpha value is -1.68. The minimum atomic E-state index is 0.497. The number of rotatable bonds is 2. The van der Waals surface area contributed by atoms with Gasteiger partial charge in [0.05, 0.1) is 17.6 Å². The predicted molar refractivity (Wildman–Crippen MR) is 54.0 cm³/mol. The highest BCUT2D eigenvalue weighted by molar-refractivity contribution is 5.37. The van der Waals surface area contributed by atoms with Crippen LogP contribution in [0.4, 0.5) is 0 Å². The van der Waals surface area contributed by atoms with Gasteiger partial charge < -0.3 is 5.73 Å². The van der Waals surface area contributed by atoms with Crippen molar-refractivity contribution in [1.82, 2.24) is 14.8 Å². The van der Waals surface area contributed by atoms with E-state index >= 15 is 0 Å². The number of pyridine rings is 1. The van der Waals surface area contributed by atoms with E-state index in [1.165, 1.54) is 0 Å². The lowest BCUT2D eigenvalue weighted by atomic mass is 10.2. The van der Waals surface area contributed by atoms with Gasteiger partial charge in [0.1, 0.15) is 0 Å². The normalized spacial score (nSPS) is 10.4. The van der Waals surface area contributed by atoms with E-state index in [-0.39, 0.29) is 0 Å². The van der Waals surface area contributed by atoms with Crippen LogP contribution in [0.15, 0.2) is 30.7 Å². The minimum Gasteiger partial charge on any atom is -0.326 e. The van der Waals surface area contributed by atoms with Gasteiger partial charge in [0.15, 0.2) is 0 Å². The van der Waals surface area contributed by atoms with E-state index in [1.807, 2.05) is 25.3 Å². The second-order valence-corrected chi connectivity index (χ2v) is 3.11. The molecule has 0 amide bonds. The molecule has 2 N–H and O–H groups in total. The predicted octanol–water partition coefficient (Wildman–Crippen LogP) is 1.03. The lowest BCUT2D eigenvalue weighted by Gasteiger charge is -2.05. The molecule has 0 radical (unpaired) electrons. The molecular weight excluding hydrogens is 176 g/mol. The quantitative estimate of drug-likeness (QED) is 0.766. The number of aryl methyl sites for hydroxylation is 1. The third-order valence-corrected chi connectivity index (χ3v) is 2.08. The molecule has 0 fully saturated rings. The smallest absolute Gasteiger partial charge is 0.0873 e. The Morgan fingerprint density at radius 3 is 2.93 bits per heavy atom. The summed E-state index contributed by atoms with van der Waals surface area (Å²) in [5.74, 6) is 0. The van der Waals surface area contributed by atoms with Crippen LogP contribution in [-0.2, 0) is 6.54 Å². The molecule has 0 aromatic carbocycles. The zero-order valence-corrected chi connectivity index (χ0v) is 8.01. The van der Waals surface area contributed by atoms with Crippen LogP contribution in [0.2, 0.25) is 0 Å². The maximum absolute atomic E-state index is 5.63. The summed E-state index contributed by atoms with van der Waals surface area (Å²) in [6, 6.07) is 3.86. The molecule has 2 heterocycles. The molecule has 4 nitrogen and oxygen atoms in total. The molecule has 2 rings (SSSR count). The summed E-state index contributed by atoms with van der Waals surface area (Å²) < 4.78 is 1.80. The van der Waals surface area contributed by atoms with Crippen molar-refractivity contribution < 1.29 is 0 Å². The topological polar surface area (TPSA) is 56.7 Å². The van der Waals surface area contributed by atoms with Gasteiger partial charge >= 0.3 is 0 Å². The summed E-state index contributed by atoms with van der Waals surface area (Å²) in [5, 5.41) is 4.31. The molecule has 14 heavy (non-hydrogen) atoms. The van der Waals surface area contributed by atoms with Gasteiger partial charge in [-0.25, -0.2) is 4.68 Å². The van der Waals surface area contributed by atoms with Crippen molar-refractivity contribution in [3.05, 3.63) is 42.0 Å². The molecule has 0 unspecified atom stereocenters. The van der Waals surface area contributed by atoms with Crippen molar-refractivity contribution in [2.45, 2.75) is 13.5 Å². The van der Waals surface area contributed by atoms with Crippen LogP contribution in [0.3, 0.4) is 0 Å². The monoisotopic (exact) mass is 188 g/mol. The van der Waals surface area contributed by atoms with Gasteiger partial charge in [0.25, 0.3) is 0 Å². The molecule has 0 saturated heterocycles. The zero-order chi connectivity index (χ0) is 9.97. The first-order valence-electron chi connectivity index (χ1n) is 4.47. The molecule has 0 spiro atoms. The molecule has 0 aliphatic rings. The Kier molecular flexibility index (Phi) is 2.28. The standard InChI is InChI=1S/C10H12N4/c1-8-3-5-14(13-8)10-7-12-4-2-9(10)6-11/h2-5,7H,6,11H2,1H3. The fourth-order valence-electron chi connectivity index (χ4n) is 1.34. The average molecular weight is 188 g/mol. The molecule has 72 valence electrons. The first-order chi connectivity index (χ1) is 6.81. The van der Waals surface area contributed by atoms with Crippen molar-refractivity contribution in [3.63, 3.8) is 0 Å². The zero-order valence-electron chi connectivity index (χ0n) is 8.01. The Balaban J connectivity index is 2.50.